The Balaban J connectivity index is 0.979. The van der Waals surface area contributed by atoms with Gasteiger partial charge in [-0.05, 0) is 121 Å². The van der Waals surface area contributed by atoms with Crippen molar-refractivity contribution in [1.82, 2.24) is 19.9 Å². The minimum Gasteiger partial charge on any atom is -0.246 e. The van der Waals surface area contributed by atoms with E-state index in [4.69, 9.17) is 19.9 Å². The molecule has 0 aliphatic carbocycles. The Morgan fingerprint density at radius 2 is 0.357 bits per heavy atom. The van der Waals surface area contributed by atoms with E-state index in [9.17, 15) is 0 Å². The van der Waals surface area contributed by atoms with Gasteiger partial charge in [0.05, 0.1) is 11.4 Å². The molecular weight excluding hydrogens is 1020 g/mol. The lowest BCUT2D eigenvalue weighted by atomic mass is 9.82. The van der Waals surface area contributed by atoms with Crippen molar-refractivity contribution < 1.29 is 0 Å². The SMILES string of the molecule is c1ccc(-c2cc(-c3ccccc3)cc(-c3nc(-c4cccc(-c5cccc(-c6c(-c7ccccc7)c(-c7ccccc7)nc(-c7ccccc7)c6-c6ccccc6)c5)c4)nc(-c4cc(-c5ccccc5)cc(-c5ccccc5)c4)n3)c2)cc1. The Morgan fingerprint density at radius 3 is 0.690 bits per heavy atom. The summed E-state index contributed by atoms with van der Waals surface area (Å²) in [6, 6.07) is 116. The highest BCUT2D eigenvalue weighted by atomic mass is 15.0. The zero-order chi connectivity index (χ0) is 56.0. The molecule has 14 aromatic rings. The van der Waals surface area contributed by atoms with Crippen molar-refractivity contribution in [3.63, 3.8) is 0 Å². The second kappa shape index (κ2) is 23.1. The molecule has 84 heavy (non-hydrogen) atoms. The van der Waals surface area contributed by atoms with Crippen LogP contribution in [-0.2, 0) is 0 Å². The highest BCUT2D eigenvalue weighted by Crippen LogP contribution is 2.49. The van der Waals surface area contributed by atoms with E-state index in [0.29, 0.717) is 17.5 Å². The van der Waals surface area contributed by atoms with Gasteiger partial charge in [-0.2, -0.15) is 0 Å². The molecule has 0 radical (unpaired) electrons. The monoisotopic (exact) mass is 1070 g/mol. The van der Waals surface area contributed by atoms with E-state index in [2.05, 4.69) is 328 Å². The first-order chi connectivity index (χ1) is 41.6. The van der Waals surface area contributed by atoms with Crippen molar-refractivity contribution in [1.29, 1.82) is 0 Å². The summed E-state index contributed by atoms with van der Waals surface area (Å²) in [5.74, 6) is 1.72. The van der Waals surface area contributed by atoms with Gasteiger partial charge in [0.2, 0.25) is 0 Å². The lowest BCUT2D eigenvalue weighted by Gasteiger charge is -2.23. The molecule has 2 aromatic heterocycles. The minimum absolute atomic E-state index is 0.567. The molecule has 0 aliphatic rings. The van der Waals surface area contributed by atoms with Crippen LogP contribution in [0.3, 0.4) is 0 Å². The van der Waals surface area contributed by atoms with Gasteiger partial charge in [-0.25, -0.2) is 19.9 Å². The Bertz CT molecular complexity index is 4230. The molecule has 0 saturated carbocycles. The molecule has 394 valence electrons. The third kappa shape index (κ3) is 10.6. The zero-order valence-electron chi connectivity index (χ0n) is 46.0. The van der Waals surface area contributed by atoms with Gasteiger partial charge in [0.25, 0.3) is 0 Å². The Labute approximate surface area is 490 Å². The Kier molecular flexibility index (Phi) is 14.0. The first-order valence-electron chi connectivity index (χ1n) is 28.4. The molecule has 12 aromatic carbocycles. The third-order valence-corrected chi connectivity index (χ3v) is 15.5. The average molecular weight is 1070 g/mol. The van der Waals surface area contributed by atoms with Crippen molar-refractivity contribution in [3.8, 4) is 146 Å². The summed E-state index contributed by atoms with van der Waals surface area (Å²) < 4.78 is 0. The molecule has 4 heteroatoms. The van der Waals surface area contributed by atoms with E-state index < -0.39 is 0 Å². The highest BCUT2D eigenvalue weighted by Gasteiger charge is 2.26. The van der Waals surface area contributed by atoms with Crippen molar-refractivity contribution in [2.24, 2.45) is 0 Å². The van der Waals surface area contributed by atoms with Crippen molar-refractivity contribution in [3.05, 3.63) is 328 Å². The molecule has 2 heterocycles. The maximum Gasteiger partial charge on any atom is 0.164 e. The van der Waals surface area contributed by atoms with E-state index in [1.54, 1.807) is 0 Å². The van der Waals surface area contributed by atoms with E-state index in [-0.39, 0.29) is 0 Å². The molecule has 0 amide bonds. The molecule has 0 atom stereocenters. The molecular formula is C80H54N4. The molecule has 0 spiro atoms. The third-order valence-electron chi connectivity index (χ3n) is 15.5. The molecule has 0 fully saturated rings. The van der Waals surface area contributed by atoms with Gasteiger partial charge in [-0.15, -0.1) is 0 Å². The fourth-order valence-electron chi connectivity index (χ4n) is 11.4. The summed E-state index contributed by atoms with van der Waals surface area (Å²) in [6.07, 6.45) is 0. The normalized spacial score (nSPS) is 11.1. The standard InChI is InChI=1S/C80H54N4/c1-9-27-55(28-10-1)67-49-68(56-29-11-2-12-30-56)52-71(51-67)79-82-78(83-80(84-79)72-53-69(57-31-13-3-14-32-57)50-70(54-72)58-33-15-4-16-34-58)66-46-26-44-64(48-66)63-43-25-45-65(47-63)73-74(59-35-17-5-18-36-59)76(61-39-21-7-22-40-61)81-77(62-41-23-8-24-42-62)75(73)60-37-19-6-20-38-60/h1-54H. The average Bonchev–Trinajstić information content (AvgIpc) is 2.45. The van der Waals surface area contributed by atoms with Gasteiger partial charge < -0.3 is 0 Å². The molecule has 4 nitrogen and oxygen atoms in total. The quantitative estimate of drug-likeness (QED) is 0.115. The van der Waals surface area contributed by atoms with E-state index in [0.717, 1.165) is 128 Å². The van der Waals surface area contributed by atoms with Crippen LogP contribution in [0.1, 0.15) is 0 Å². The molecule has 0 aliphatic heterocycles. The predicted molar refractivity (Wildman–Crippen MR) is 348 cm³/mol. The van der Waals surface area contributed by atoms with Gasteiger partial charge in [-0.3, -0.25) is 0 Å². The van der Waals surface area contributed by atoms with Gasteiger partial charge in [-0.1, -0.05) is 279 Å². The molecule has 14 rings (SSSR count). The lowest BCUT2D eigenvalue weighted by Crippen LogP contribution is -2.02. The van der Waals surface area contributed by atoms with Crippen LogP contribution in [0, 0.1) is 0 Å². The summed E-state index contributed by atoms with van der Waals surface area (Å²) in [4.78, 5) is 22.1. The number of hydrogen-bond donors (Lipinski definition) is 0. The maximum atomic E-state index is 5.70. The summed E-state index contributed by atoms with van der Waals surface area (Å²) in [5, 5.41) is 0. The predicted octanol–water partition coefficient (Wildman–Crippen LogP) is 20.9. The van der Waals surface area contributed by atoms with Crippen LogP contribution < -0.4 is 0 Å². The van der Waals surface area contributed by atoms with E-state index >= 15 is 0 Å². The van der Waals surface area contributed by atoms with Crippen LogP contribution >= 0.6 is 0 Å². The van der Waals surface area contributed by atoms with Crippen molar-refractivity contribution in [2.45, 2.75) is 0 Å². The van der Waals surface area contributed by atoms with Crippen LogP contribution in [0.5, 0.6) is 0 Å². The van der Waals surface area contributed by atoms with Crippen LogP contribution in [-0.4, -0.2) is 19.9 Å². The van der Waals surface area contributed by atoms with Crippen molar-refractivity contribution in [2.75, 3.05) is 0 Å². The maximum absolute atomic E-state index is 5.70. The number of nitrogens with zero attached hydrogens (tertiary/aromatic N) is 4. The van der Waals surface area contributed by atoms with Gasteiger partial charge in [0.1, 0.15) is 0 Å². The number of pyridine rings is 1. The minimum atomic E-state index is 0.567. The topological polar surface area (TPSA) is 51.6 Å². The first-order valence-corrected chi connectivity index (χ1v) is 28.4. The Hall–Kier alpha value is -11.2. The summed E-state index contributed by atoms with van der Waals surface area (Å²) in [7, 11) is 0. The van der Waals surface area contributed by atoms with Crippen LogP contribution in [0.25, 0.3) is 146 Å². The zero-order valence-corrected chi connectivity index (χ0v) is 46.0. The van der Waals surface area contributed by atoms with Crippen LogP contribution in [0.2, 0.25) is 0 Å². The van der Waals surface area contributed by atoms with Gasteiger partial charge >= 0.3 is 0 Å². The summed E-state index contributed by atoms with van der Waals surface area (Å²) >= 11 is 0. The second-order valence-corrected chi connectivity index (χ2v) is 20.9. The van der Waals surface area contributed by atoms with Gasteiger partial charge in [0, 0.05) is 44.5 Å². The van der Waals surface area contributed by atoms with Crippen LogP contribution in [0.15, 0.2) is 328 Å². The summed E-state index contributed by atoms with van der Waals surface area (Å²) in [6.45, 7) is 0. The highest BCUT2D eigenvalue weighted by molar-refractivity contribution is 6.05. The van der Waals surface area contributed by atoms with Crippen LogP contribution in [0.4, 0.5) is 0 Å². The fraction of sp³-hybridized carbons (Fsp3) is 0. The molecule has 0 saturated heterocycles. The van der Waals surface area contributed by atoms with E-state index in [1.807, 2.05) is 0 Å². The first kappa shape index (κ1) is 51.0. The largest absolute Gasteiger partial charge is 0.246 e. The number of benzene rings is 12. The number of aromatic nitrogens is 4. The summed E-state index contributed by atoms with van der Waals surface area (Å²) in [5.41, 5.74) is 23.8. The van der Waals surface area contributed by atoms with Crippen molar-refractivity contribution >= 4 is 0 Å². The Morgan fingerprint density at radius 1 is 0.131 bits per heavy atom. The number of hydrogen-bond acceptors (Lipinski definition) is 4. The molecule has 0 unspecified atom stereocenters. The smallest absolute Gasteiger partial charge is 0.164 e. The second-order valence-electron chi connectivity index (χ2n) is 20.9. The fourth-order valence-corrected chi connectivity index (χ4v) is 11.4. The molecule has 0 bridgehead atoms. The van der Waals surface area contributed by atoms with Gasteiger partial charge in [0.15, 0.2) is 17.5 Å². The number of rotatable bonds is 13. The lowest BCUT2D eigenvalue weighted by molar-refractivity contribution is 1.07. The van der Waals surface area contributed by atoms with E-state index in [1.165, 1.54) is 0 Å². The molecule has 0 N–H and O–H groups in total.